The number of nitrogens with zero attached hydrogens (tertiary/aromatic N) is 2. The van der Waals surface area contributed by atoms with Crippen LogP contribution in [0.15, 0.2) is 29.9 Å². The van der Waals surface area contributed by atoms with E-state index in [9.17, 15) is 0 Å². The van der Waals surface area contributed by atoms with Crippen LogP contribution in [0.4, 0.5) is 5.82 Å². The molecule has 1 aromatic rings. The highest BCUT2D eigenvalue weighted by molar-refractivity contribution is 5.66. The van der Waals surface area contributed by atoms with Gasteiger partial charge in [0, 0.05) is 0 Å². The fourth-order valence-electron chi connectivity index (χ4n) is 1.47. The Morgan fingerprint density at radius 1 is 1.14 bits per heavy atom. The van der Waals surface area contributed by atoms with Gasteiger partial charge in [-0.1, -0.05) is 17.7 Å². The number of rotatable bonds is 1. The maximum atomic E-state index is 5.47. The van der Waals surface area contributed by atoms with Crippen molar-refractivity contribution in [3.05, 3.63) is 35.6 Å². The normalized spacial score (nSPS) is 16.1. The summed E-state index contributed by atoms with van der Waals surface area (Å²) in [5.74, 6) is 0.469. The van der Waals surface area contributed by atoms with Crippen LogP contribution in [0.3, 0.4) is 0 Å². The summed E-state index contributed by atoms with van der Waals surface area (Å²) in [6.45, 7) is 2.14. The molecule has 2 N–H and O–H groups in total. The SMILES string of the molecule is CC1=CC=C(c2ccc(N)nn2)CC1. The van der Waals surface area contributed by atoms with Gasteiger partial charge >= 0.3 is 0 Å². The quantitative estimate of drug-likeness (QED) is 0.733. The molecule has 0 spiro atoms. The van der Waals surface area contributed by atoms with Crippen LogP contribution < -0.4 is 5.73 Å². The molecule has 1 heterocycles. The summed E-state index contributed by atoms with van der Waals surface area (Å²) >= 11 is 0. The Morgan fingerprint density at radius 2 is 2.00 bits per heavy atom. The standard InChI is InChI=1S/C11H13N3/c1-8-2-4-9(5-3-8)10-6-7-11(12)14-13-10/h2,4,6-7H,3,5H2,1H3,(H2,12,14). The third-order valence-corrected chi connectivity index (χ3v) is 2.37. The van der Waals surface area contributed by atoms with Crippen molar-refractivity contribution in [2.45, 2.75) is 19.8 Å². The van der Waals surface area contributed by atoms with Crippen molar-refractivity contribution >= 4 is 11.4 Å². The topological polar surface area (TPSA) is 51.8 Å². The molecule has 3 nitrogen and oxygen atoms in total. The molecule has 72 valence electrons. The average Bonchev–Trinajstić information content (AvgIpc) is 2.21. The monoisotopic (exact) mass is 187 g/mol. The van der Waals surface area contributed by atoms with Gasteiger partial charge in [-0.15, -0.1) is 10.2 Å². The van der Waals surface area contributed by atoms with E-state index in [0.29, 0.717) is 5.82 Å². The summed E-state index contributed by atoms with van der Waals surface area (Å²) in [5.41, 5.74) is 9.06. The number of anilines is 1. The van der Waals surface area contributed by atoms with E-state index < -0.39 is 0 Å². The predicted octanol–water partition coefficient (Wildman–Crippen LogP) is 2.18. The second-order valence-electron chi connectivity index (χ2n) is 3.55. The van der Waals surface area contributed by atoms with Crippen LogP contribution in [0.25, 0.3) is 5.57 Å². The maximum Gasteiger partial charge on any atom is 0.146 e. The molecular weight excluding hydrogens is 174 g/mol. The van der Waals surface area contributed by atoms with Crippen LogP contribution in [-0.4, -0.2) is 10.2 Å². The lowest BCUT2D eigenvalue weighted by atomic mass is 9.97. The molecule has 0 saturated carbocycles. The molecule has 0 unspecified atom stereocenters. The minimum atomic E-state index is 0.469. The average molecular weight is 187 g/mol. The summed E-state index contributed by atoms with van der Waals surface area (Å²) in [4.78, 5) is 0. The number of aromatic nitrogens is 2. The molecule has 1 aliphatic rings. The highest BCUT2D eigenvalue weighted by Crippen LogP contribution is 2.24. The zero-order chi connectivity index (χ0) is 9.97. The van der Waals surface area contributed by atoms with E-state index in [2.05, 4.69) is 29.3 Å². The van der Waals surface area contributed by atoms with E-state index in [4.69, 9.17) is 5.73 Å². The first-order valence-corrected chi connectivity index (χ1v) is 4.71. The van der Waals surface area contributed by atoms with E-state index >= 15 is 0 Å². The van der Waals surface area contributed by atoms with E-state index in [0.717, 1.165) is 18.5 Å². The number of nitrogen functional groups attached to an aromatic ring is 1. The van der Waals surface area contributed by atoms with Gasteiger partial charge in [-0.05, 0) is 37.5 Å². The van der Waals surface area contributed by atoms with Gasteiger partial charge in [0.2, 0.25) is 0 Å². The molecule has 0 atom stereocenters. The van der Waals surface area contributed by atoms with Gasteiger partial charge < -0.3 is 5.73 Å². The smallest absolute Gasteiger partial charge is 0.146 e. The Bertz CT molecular complexity index is 387. The maximum absolute atomic E-state index is 5.47. The molecule has 0 saturated heterocycles. The summed E-state index contributed by atoms with van der Waals surface area (Å²) in [6, 6.07) is 3.71. The molecular formula is C11H13N3. The van der Waals surface area contributed by atoms with Crippen molar-refractivity contribution in [2.24, 2.45) is 0 Å². The van der Waals surface area contributed by atoms with Gasteiger partial charge in [-0.3, -0.25) is 0 Å². The van der Waals surface area contributed by atoms with Crippen LogP contribution in [0.5, 0.6) is 0 Å². The fraction of sp³-hybridized carbons (Fsp3) is 0.273. The first kappa shape index (κ1) is 8.94. The van der Waals surface area contributed by atoms with Gasteiger partial charge in [0.1, 0.15) is 5.82 Å². The molecule has 0 aromatic carbocycles. The summed E-state index contributed by atoms with van der Waals surface area (Å²) in [5, 5.41) is 7.89. The van der Waals surface area contributed by atoms with Crippen molar-refractivity contribution in [1.82, 2.24) is 10.2 Å². The van der Waals surface area contributed by atoms with Crippen LogP contribution in [0, 0.1) is 0 Å². The lowest BCUT2D eigenvalue weighted by Crippen LogP contribution is -1.98. The zero-order valence-corrected chi connectivity index (χ0v) is 8.20. The molecule has 1 aliphatic carbocycles. The van der Waals surface area contributed by atoms with Gasteiger partial charge in [0.25, 0.3) is 0 Å². The third kappa shape index (κ3) is 1.82. The van der Waals surface area contributed by atoms with Gasteiger partial charge in [0.05, 0.1) is 5.69 Å². The lowest BCUT2D eigenvalue weighted by Gasteiger charge is -2.10. The Labute approximate surface area is 83.3 Å². The first-order chi connectivity index (χ1) is 6.75. The largest absolute Gasteiger partial charge is 0.382 e. The Hall–Kier alpha value is -1.64. The summed E-state index contributed by atoms with van der Waals surface area (Å²) < 4.78 is 0. The molecule has 14 heavy (non-hydrogen) atoms. The number of hydrogen-bond acceptors (Lipinski definition) is 3. The predicted molar refractivity (Wildman–Crippen MR) is 57.4 cm³/mol. The molecule has 0 fully saturated rings. The molecule has 0 bridgehead atoms. The Balaban J connectivity index is 2.28. The van der Waals surface area contributed by atoms with Crippen molar-refractivity contribution in [2.75, 3.05) is 5.73 Å². The molecule has 3 heteroatoms. The number of hydrogen-bond donors (Lipinski definition) is 1. The minimum absolute atomic E-state index is 0.469. The van der Waals surface area contributed by atoms with Crippen molar-refractivity contribution < 1.29 is 0 Å². The molecule has 0 aliphatic heterocycles. The zero-order valence-electron chi connectivity index (χ0n) is 8.20. The van der Waals surface area contributed by atoms with Gasteiger partial charge in [-0.25, -0.2) is 0 Å². The van der Waals surface area contributed by atoms with E-state index in [-0.39, 0.29) is 0 Å². The lowest BCUT2D eigenvalue weighted by molar-refractivity contribution is 0.945. The highest BCUT2D eigenvalue weighted by Gasteiger charge is 2.07. The van der Waals surface area contributed by atoms with Crippen molar-refractivity contribution in [3.8, 4) is 0 Å². The summed E-state index contributed by atoms with van der Waals surface area (Å²) in [7, 11) is 0. The number of nitrogens with two attached hydrogens (primary N) is 1. The molecule has 0 amide bonds. The van der Waals surface area contributed by atoms with E-state index in [1.54, 1.807) is 6.07 Å². The minimum Gasteiger partial charge on any atom is -0.382 e. The van der Waals surface area contributed by atoms with Crippen molar-refractivity contribution in [3.63, 3.8) is 0 Å². The fourth-order valence-corrected chi connectivity index (χ4v) is 1.47. The second kappa shape index (κ2) is 3.62. The van der Waals surface area contributed by atoms with E-state index in [1.807, 2.05) is 6.07 Å². The molecule has 1 aromatic heterocycles. The first-order valence-electron chi connectivity index (χ1n) is 4.71. The molecule has 2 rings (SSSR count). The van der Waals surface area contributed by atoms with E-state index in [1.165, 1.54) is 11.1 Å². The Morgan fingerprint density at radius 3 is 2.57 bits per heavy atom. The summed E-state index contributed by atoms with van der Waals surface area (Å²) in [6.07, 6.45) is 6.40. The van der Waals surface area contributed by atoms with Crippen LogP contribution >= 0.6 is 0 Å². The number of allylic oxidation sites excluding steroid dienone is 4. The van der Waals surface area contributed by atoms with Crippen LogP contribution in [0.1, 0.15) is 25.5 Å². The van der Waals surface area contributed by atoms with Gasteiger partial charge in [-0.2, -0.15) is 0 Å². The van der Waals surface area contributed by atoms with Crippen molar-refractivity contribution in [1.29, 1.82) is 0 Å². The Kier molecular flexibility index (Phi) is 2.31. The van der Waals surface area contributed by atoms with Crippen LogP contribution in [-0.2, 0) is 0 Å². The molecule has 0 radical (unpaired) electrons. The second-order valence-corrected chi connectivity index (χ2v) is 3.55. The van der Waals surface area contributed by atoms with Gasteiger partial charge in [0.15, 0.2) is 0 Å². The van der Waals surface area contributed by atoms with Crippen LogP contribution in [0.2, 0.25) is 0 Å². The third-order valence-electron chi connectivity index (χ3n) is 2.37. The highest BCUT2D eigenvalue weighted by atomic mass is 15.1.